The van der Waals surface area contributed by atoms with E-state index in [1.165, 1.54) is 67.8 Å². The third kappa shape index (κ3) is 2.60. The lowest BCUT2D eigenvalue weighted by molar-refractivity contribution is 1.21. The molecule has 0 N–H and O–H groups in total. The summed E-state index contributed by atoms with van der Waals surface area (Å²) < 4.78 is 7.69. The quantitative estimate of drug-likeness (QED) is 0.221. The van der Waals surface area contributed by atoms with E-state index in [9.17, 15) is 0 Å². The summed E-state index contributed by atoms with van der Waals surface area (Å²) in [4.78, 5) is 9.13. The van der Waals surface area contributed by atoms with Crippen LogP contribution in [0, 0.1) is 0 Å². The number of aromatic nitrogens is 3. The fraction of sp³-hybridized carbons (Fsp3) is 0. The van der Waals surface area contributed by atoms with E-state index >= 15 is 0 Å². The van der Waals surface area contributed by atoms with Crippen LogP contribution in [0.3, 0.4) is 0 Å². The predicted molar refractivity (Wildman–Crippen MR) is 160 cm³/mol. The highest BCUT2D eigenvalue weighted by molar-refractivity contribution is 7.27. The Morgan fingerprint density at radius 1 is 0.514 bits per heavy atom. The molecule has 0 amide bonds. The maximum absolute atomic E-state index is 4.57. The van der Waals surface area contributed by atoms with E-state index in [2.05, 4.69) is 106 Å². The highest BCUT2D eigenvalue weighted by Gasteiger charge is 2.20. The van der Waals surface area contributed by atoms with Crippen molar-refractivity contribution in [2.45, 2.75) is 0 Å². The van der Waals surface area contributed by atoms with E-state index < -0.39 is 0 Å². The molecule has 0 aliphatic rings. The van der Waals surface area contributed by atoms with Crippen LogP contribution in [-0.2, 0) is 0 Å². The van der Waals surface area contributed by atoms with Gasteiger partial charge in [0.15, 0.2) is 0 Å². The van der Waals surface area contributed by atoms with Crippen molar-refractivity contribution < 1.29 is 0 Å². The van der Waals surface area contributed by atoms with Crippen LogP contribution in [0.5, 0.6) is 0 Å². The molecule has 0 bridgehead atoms. The standard InChI is InChI=1S/C32H17N3S2/c1-3-9-26-18(6-1)20-12-13-22-23-16-24-25(34-15-14-33-24)17-29(23)37-32(22)30(20)35(26)27-10-5-8-21-19-7-2-4-11-28(19)36-31(21)27/h1-17H. The highest BCUT2D eigenvalue weighted by atomic mass is 32.1. The van der Waals surface area contributed by atoms with E-state index in [0.717, 1.165) is 11.0 Å². The van der Waals surface area contributed by atoms with E-state index in [1.54, 1.807) is 12.4 Å². The van der Waals surface area contributed by atoms with Gasteiger partial charge in [-0.1, -0.05) is 60.7 Å². The second kappa shape index (κ2) is 7.13. The van der Waals surface area contributed by atoms with Crippen molar-refractivity contribution in [2.75, 3.05) is 0 Å². The normalized spacial score (nSPS) is 12.3. The van der Waals surface area contributed by atoms with Gasteiger partial charge in [-0.05, 0) is 30.3 Å². The zero-order chi connectivity index (χ0) is 24.1. The molecular weight excluding hydrogens is 491 g/mol. The number of nitrogens with zero attached hydrogens (tertiary/aromatic N) is 3. The third-order valence-electron chi connectivity index (χ3n) is 7.49. The molecule has 0 fully saturated rings. The van der Waals surface area contributed by atoms with Crippen LogP contribution in [0.2, 0.25) is 0 Å². The Kier molecular flexibility index (Phi) is 3.82. The van der Waals surface area contributed by atoms with Crippen LogP contribution >= 0.6 is 22.7 Å². The molecule has 0 aliphatic heterocycles. The Bertz CT molecular complexity index is 2370. The number of benzene rings is 5. The van der Waals surface area contributed by atoms with Gasteiger partial charge in [0.05, 0.1) is 37.2 Å². The number of rotatable bonds is 1. The van der Waals surface area contributed by atoms with Crippen molar-refractivity contribution >= 4 is 95.9 Å². The predicted octanol–water partition coefficient (Wildman–Crippen LogP) is 9.46. The molecule has 0 spiro atoms. The average Bonchev–Trinajstić information content (AvgIpc) is 3.61. The van der Waals surface area contributed by atoms with Crippen LogP contribution in [0.15, 0.2) is 103 Å². The minimum Gasteiger partial charge on any atom is -0.306 e. The molecule has 0 aliphatic carbocycles. The lowest BCUT2D eigenvalue weighted by Crippen LogP contribution is -1.94. The lowest BCUT2D eigenvalue weighted by atomic mass is 10.1. The first-order valence-corrected chi connectivity index (χ1v) is 13.9. The van der Waals surface area contributed by atoms with Crippen molar-refractivity contribution in [3.63, 3.8) is 0 Å². The van der Waals surface area contributed by atoms with E-state index in [1.807, 2.05) is 22.7 Å². The molecule has 37 heavy (non-hydrogen) atoms. The van der Waals surface area contributed by atoms with Gasteiger partial charge in [-0.3, -0.25) is 9.97 Å². The number of thiophene rings is 2. The SMILES string of the molecule is c1ccc2c(c1)sc1c(-n3c4ccccc4c4ccc5c6cc7nccnc7cc6sc5c43)cccc12. The first-order chi connectivity index (χ1) is 18.3. The van der Waals surface area contributed by atoms with Crippen molar-refractivity contribution in [3.8, 4) is 5.69 Å². The summed E-state index contributed by atoms with van der Waals surface area (Å²) in [5, 5.41) is 7.72. The number of para-hydroxylation sites is 1. The Morgan fingerprint density at radius 3 is 2.14 bits per heavy atom. The molecule has 5 aromatic carbocycles. The Hall–Kier alpha value is -4.32. The summed E-state index contributed by atoms with van der Waals surface area (Å²) in [5.74, 6) is 0. The first-order valence-electron chi connectivity index (χ1n) is 12.2. The van der Waals surface area contributed by atoms with Crippen molar-refractivity contribution in [1.29, 1.82) is 0 Å². The van der Waals surface area contributed by atoms with E-state index in [4.69, 9.17) is 0 Å². The van der Waals surface area contributed by atoms with Crippen LogP contribution in [-0.4, -0.2) is 14.5 Å². The van der Waals surface area contributed by atoms with Gasteiger partial charge in [-0.2, -0.15) is 0 Å². The number of hydrogen-bond donors (Lipinski definition) is 0. The van der Waals surface area contributed by atoms with Gasteiger partial charge >= 0.3 is 0 Å². The summed E-state index contributed by atoms with van der Waals surface area (Å²) in [7, 11) is 0. The second-order valence-electron chi connectivity index (χ2n) is 9.44. The average molecular weight is 508 g/mol. The maximum atomic E-state index is 4.57. The van der Waals surface area contributed by atoms with Crippen LogP contribution in [0.4, 0.5) is 0 Å². The van der Waals surface area contributed by atoms with Crippen molar-refractivity contribution in [3.05, 3.63) is 103 Å². The molecule has 9 rings (SSSR count). The summed E-state index contributed by atoms with van der Waals surface area (Å²) in [6, 6.07) is 33.2. The molecule has 4 aromatic heterocycles. The molecule has 0 radical (unpaired) electrons. The molecule has 9 aromatic rings. The Balaban J connectivity index is 1.50. The monoisotopic (exact) mass is 507 g/mol. The van der Waals surface area contributed by atoms with Gasteiger partial charge < -0.3 is 4.57 Å². The van der Waals surface area contributed by atoms with Gasteiger partial charge in [-0.15, -0.1) is 22.7 Å². The first kappa shape index (κ1) is 19.8. The van der Waals surface area contributed by atoms with Gasteiger partial charge in [0.2, 0.25) is 0 Å². The molecule has 0 saturated heterocycles. The molecule has 4 heterocycles. The Morgan fingerprint density at radius 2 is 1.22 bits per heavy atom. The Labute approximate surface area is 218 Å². The molecule has 0 atom stereocenters. The highest BCUT2D eigenvalue weighted by Crippen LogP contribution is 2.45. The second-order valence-corrected chi connectivity index (χ2v) is 11.5. The summed E-state index contributed by atoms with van der Waals surface area (Å²) in [6.45, 7) is 0. The molecule has 172 valence electrons. The molecule has 0 saturated carbocycles. The number of fused-ring (bicyclic) bond motifs is 11. The minimum atomic E-state index is 0.936. The zero-order valence-corrected chi connectivity index (χ0v) is 21.1. The van der Waals surface area contributed by atoms with Gasteiger partial charge in [0, 0.05) is 54.1 Å². The van der Waals surface area contributed by atoms with Crippen LogP contribution in [0.1, 0.15) is 0 Å². The van der Waals surface area contributed by atoms with Crippen LogP contribution < -0.4 is 0 Å². The fourth-order valence-corrected chi connectivity index (χ4v) is 8.36. The van der Waals surface area contributed by atoms with Gasteiger partial charge in [-0.25, -0.2) is 0 Å². The van der Waals surface area contributed by atoms with Crippen molar-refractivity contribution in [2.24, 2.45) is 0 Å². The summed E-state index contributed by atoms with van der Waals surface area (Å²) in [6.07, 6.45) is 3.54. The summed E-state index contributed by atoms with van der Waals surface area (Å²) in [5.41, 5.74) is 5.62. The van der Waals surface area contributed by atoms with Crippen LogP contribution in [0.25, 0.3) is 78.9 Å². The van der Waals surface area contributed by atoms with E-state index in [0.29, 0.717) is 0 Å². The molecule has 0 unspecified atom stereocenters. The van der Waals surface area contributed by atoms with Gasteiger partial charge in [0.1, 0.15) is 0 Å². The topological polar surface area (TPSA) is 30.7 Å². The molecular formula is C32H17N3S2. The zero-order valence-electron chi connectivity index (χ0n) is 19.5. The number of hydrogen-bond acceptors (Lipinski definition) is 4. The third-order valence-corrected chi connectivity index (χ3v) is 9.87. The van der Waals surface area contributed by atoms with Gasteiger partial charge in [0.25, 0.3) is 0 Å². The summed E-state index contributed by atoms with van der Waals surface area (Å²) >= 11 is 3.74. The fourth-order valence-electron chi connectivity index (χ4n) is 5.90. The largest absolute Gasteiger partial charge is 0.306 e. The smallest absolute Gasteiger partial charge is 0.0901 e. The lowest BCUT2D eigenvalue weighted by Gasteiger charge is -2.10. The molecule has 3 nitrogen and oxygen atoms in total. The van der Waals surface area contributed by atoms with Crippen molar-refractivity contribution in [1.82, 2.24) is 14.5 Å². The molecule has 5 heteroatoms. The minimum absolute atomic E-state index is 0.936. The van der Waals surface area contributed by atoms with E-state index in [-0.39, 0.29) is 0 Å². The maximum Gasteiger partial charge on any atom is 0.0901 e.